The largest absolute Gasteiger partial charge is 0.352 e. The molecule has 0 bridgehead atoms. The summed E-state index contributed by atoms with van der Waals surface area (Å²) >= 11 is 0. The third kappa shape index (κ3) is 3.82. The molecule has 0 spiro atoms. The number of nitrogens with two attached hydrogens (primary N) is 1. The van der Waals surface area contributed by atoms with E-state index in [2.05, 4.69) is 10.3 Å². The fourth-order valence-corrected chi connectivity index (χ4v) is 1.82. The first-order valence-corrected chi connectivity index (χ1v) is 6.24. The molecule has 0 saturated heterocycles. The highest BCUT2D eigenvalue weighted by Gasteiger charge is 2.11. The molecule has 1 aromatic carbocycles. The number of hydrogen-bond acceptors (Lipinski definition) is 3. The van der Waals surface area contributed by atoms with E-state index in [4.69, 9.17) is 5.73 Å². The van der Waals surface area contributed by atoms with E-state index in [0.29, 0.717) is 13.0 Å². The van der Waals surface area contributed by atoms with Gasteiger partial charge in [-0.2, -0.15) is 0 Å². The summed E-state index contributed by atoms with van der Waals surface area (Å²) < 4.78 is 0. The number of hydrogen-bond donors (Lipinski definition) is 3. The number of aromatic amines is 1. The van der Waals surface area contributed by atoms with Crippen LogP contribution in [-0.4, -0.2) is 23.5 Å². The van der Waals surface area contributed by atoms with E-state index in [1.54, 1.807) is 12.1 Å². The Balaban J connectivity index is 0.00000200. The predicted molar refractivity (Wildman–Crippen MR) is 82.4 cm³/mol. The van der Waals surface area contributed by atoms with Crippen LogP contribution in [0.1, 0.15) is 23.7 Å². The molecule has 1 amide bonds. The number of H-pyrrole nitrogens is 1. The SMILES string of the molecule is CC(N)CCNC(=O)c1cc2ccccc2[nH]c1=O.Cl. The van der Waals surface area contributed by atoms with Crippen molar-refractivity contribution in [2.75, 3.05) is 6.54 Å². The van der Waals surface area contributed by atoms with Gasteiger partial charge in [0, 0.05) is 18.1 Å². The van der Waals surface area contributed by atoms with Crippen molar-refractivity contribution in [2.24, 2.45) is 5.73 Å². The highest BCUT2D eigenvalue weighted by atomic mass is 35.5. The molecule has 0 aliphatic rings. The maximum Gasteiger partial charge on any atom is 0.261 e. The molecule has 1 unspecified atom stereocenters. The van der Waals surface area contributed by atoms with Gasteiger partial charge in [-0.1, -0.05) is 18.2 Å². The fourth-order valence-electron chi connectivity index (χ4n) is 1.82. The molecule has 0 aliphatic heterocycles. The van der Waals surface area contributed by atoms with Gasteiger partial charge in [0.15, 0.2) is 0 Å². The number of nitrogens with one attached hydrogen (secondary N) is 2. The monoisotopic (exact) mass is 295 g/mol. The molecule has 1 heterocycles. The van der Waals surface area contributed by atoms with Gasteiger partial charge in [0.1, 0.15) is 5.56 Å². The molecule has 6 heteroatoms. The van der Waals surface area contributed by atoms with Crippen molar-refractivity contribution in [1.82, 2.24) is 10.3 Å². The van der Waals surface area contributed by atoms with Crippen LogP contribution in [0.2, 0.25) is 0 Å². The lowest BCUT2D eigenvalue weighted by atomic mass is 10.1. The highest BCUT2D eigenvalue weighted by molar-refractivity contribution is 5.97. The number of rotatable bonds is 4. The number of carbonyl (C=O) groups is 1. The molecule has 0 radical (unpaired) electrons. The Morgan fingerprint density at radius 2 is 2.10 bits per heavy atom. The summed E-state index contributed by atoms with van der Waals surface area (Å²) in [7, 11) is 0. The smallest absolute Gasteiger partial charge is 0.261 e. The van der Waals surface area contributed by atoms with Crippen LogP contribution in [0.15, 0.2) is 35.1 Å². The first-order valence-electron chi connectivity index (χ1n) is 6.24. The van der Waals surface area contributed by atoms with E-state index in [1.165, 1.54) is 0 Å². The number of pyridine rings is 1. The van der Waals surface area contributed by atoms with Crippen LogP contribution in [0.4, 0.5) is 0 Å². The van der Waals surface area contributed by atoms with Crippen LogP contribution >= 0.6 is 12.4 Å². The van der Waals surface area contributed by atoms with Crippen molar-refractivity contribution in [1.29, 1.82) is 0 Å². The molecule has 20 heavy (non-hydrogen) atoms. The van der Waals surface area contributed by atoms with Crippen LogP contribution in [0.25, 0.3) is 10.9 Å². The Kier molecular flexibility index (Phi) is 5.73. The van der Waals surface area contributed by atoms with Gasteiger partial charge in [-0.25, -0.2) is 0 Å². The molecule has 0 saturated carbocycles. The van der Waals surface area contributed by atoms with Crippen LogP contribution in [0.3, 0.4) is 0 Å². The molecule has 5 nitrogen and oxygen atoms in total. The highest BCUT2D eigenvalue weighted by Crippen LogP contribution is 2.09. The summed E-state index contributed by atoms with van der Waals surface area (Å²) in [4.78, 5) is 26.4. The zero-order chi connectivity index (χ0) is 13.8. The number of fused-ring (bicyclic) bond motifs is 1. The van der Waals surface area contributed by atoms with Crippen LogP contribution in [-0.2, 0) is 0 Å². The third-order valence-electron chi connectivity index (χ3n) is 2.88. The first-order chi connectivity index (χ1) is 9.08. The fraction of sp³-hybridized carbons (Fsp3) is 0.286. The summed E-state index contributed by atoms with van der Waals surface area (Å²) in [6.45, 7) is 2.33. The van der Waals surface area contributed by atoms with Gasteiger partial charge in [-0.3, -0.25) is 9.59 Å². The van der Waals surface area contributed by atoms with E-state index < -0.39 is 0 Å². The Morgan fingerprint density at radius 3 is 2.80 bits per heavy atom. The molecule has 0 aliphatic carbocycles. The van der Waals surface area contributed by atoms with Gasteiger partial charge in [-0.15, -0.1) is 12.4 Å². The van der Waals surface area contributed by atoms with Crippen molar-refractivity contribution in [2.45, 2.75) is 19.4 Å². The van der Waals surface area contributed by atoms with Crippen molar-refractivity contribution in [3.8, 4) is 0 Å². The van der Waals surface area contributed by atoms with E-state index in [1.807, 2.05) is 25.1 Å². The number of halogens is 1. The van der Waals surface area contributed by atoms with E-state index in [0.717, 1.165) is 10.9 Å². The maximum atomic E-state index is 11.9. The summed E-state index contributed by atoms with van der Waals surface area (Å²) in [5, 5.41) is 3.53. The van der Waals surface area contributed by atoms with Gasteiger partial charge in [0.05, 0.1) is 0 Å². The second-order valence-electron chi connectivity index (χ2n) is 4.62. The van der Waals surface area contributed by atoms with Gasteiger partial charge in [0.2, 0.25) is 0 Å². The number of benzene rings is 1. The lowest BCUT2D eigenvalue weighted by Gasteiger charge is -2.07. The lowest BCUT2D eigenvalue weighted by molar-refractivity contribution is 0.0951. The molecule has 0 fully saturated rings. The van der Waals surface area contributed by atoms with Gasteiger partial charge < -0.3 is 16.0 Å². The quantitative estimate of drug-likeness (QED) is 0.797. The number of amides is 1. The molecule has 108 valence electrons. The topological polar surface area (TPSA) is 88.0 Å². The number of aromatic nitrogens is 1. The Bertz CT molecular complexity index is 652. The minimum absolute atomic E-state index is 0. The molecule has 1 aromatic heterocycles. The average Bonchev–Trinajstić information content (AvgIpc) is 2.37. The standard InChI is InChI=1S/C14H17N3O2.ClH/c1-9(15)6-7-16-13(18)11-8-10-4-2-3-5-12(10)17-14(11)19;/h2-5,8-9H,6-7,15H2,1H3,(H,16,18)(H,17,19);1H. The molecular weight excluding hydrogens is 278 g/mol. The van der Waals surface area contributed by atoms with Crippen molar-refractivity contribution in [3.05, 3.63) is 46.2 Å². The van der Waals surface area contributed by atoms with E-state index >= 15 is 0 Å². The second kappa shape index (κ2) is 7.07. The van der Waals surface area contributed by atoms with Crippen LogP contribution in [0, 0.1) is 0 Å². The Labute approximate surface area is 123 Å². The number of carbonyl (C=O) groups excluding carboxylic acids is 1. The minimum Gasteiger partial charge on any atom is -0.352 e. The van der Waals surface area contributed by atoms with Crippen LogP contribution < -0.4 is 16.6 Å². The van der Waals surface area contributed by atoms with Gasteiger partial charge in [0.25, 0.3) is 11.5 Å². The molecule has 4 N–H and O–H groups in total. The third-order valence-corrected chi connectivity index (χ3v) is 2.88. The molecule has 2 rings (SSSR count). The predicted octanol–water partition coefficient (Wildman–Crippen LogP) is 1.42. The molecule has 1 atom stereocenters. The zero-order valence-corrected chi connectivity index (χ0v) is 12.0. The van der Waals surface area contributed by atoms with Crippen LogP contribution in [0.5, 0.6) is 0 Å². The minimum atomic E-state index is -0.378. The Hall–Kier alpha value is -1.85. The summed E-state index contributed by atoms with van der Waals surface area (Å²) in [6.07, 6.45) is 0.678. The molecular formula is C14H18ClN3O2. The van der Waals surface area contributed by atoms with E-state index in [9.17, 15) is 9.59 Å². The number of para-hydroxylation sites is 1. The average molecular weight is 296 g/mol. The summed E-state index contributed by atoms with van der Waals surface area (Å²) in [5.74, 6) is -0.368. The summed E-state index contributed by atoms with van der Waals surface area (Å²) in [6, 6.07) is 8.97. The molecule has 2 aromatic rings. The lowest BCUT2D eigenvalue weighted by Crippen LogP contribution is -2.32. The van der Waals surface area contributed by atoms with Gasteiger partial charge in [-0.05, 0) is 30.9 Å². The van der Waals surface area contributed by atoms with E-state index in [-0.39, 0.29) is 35.5 Å². The van der Waals surface area contributed by atoms with Crippen molar-refractivity contribution in [3.63, 3.8) is 0 Å². The van der Waals surface area contributed by atoms with Gasteiger partial charge >= 0.3 is 0 Å². The normalized spacial score (nSPS) is 11.7. The van der Waals surface area contributed by atoms with Crippen molar-refractivity contribution < 1.29 is 4.79 Å². The second-order valence-corrected chi connectivity index (χ2v) is 4.62. The zero-order valence-electron chi connectivity index (χ0n) is 11.2. The maximum absolute atomic E-state index is 11.9. The summed E-state index contributed by atoms with van der Waals surface area (Å²) in [5.41, 5.74) is 6.07. The van der Waals surface area contributed by atoms with Crippen molar-refractivity contribution >= 4 is 29.2 Å². The Morgan fingerprint density at radius 1 is 1.40 bits per heavy atom. The first kappa shape index (κ1) is 16.2.